The monoisotopic (exact) mass is 322 g/mol. The molecule has 2 nitrogen and oxygen atoms in total. The molecular weight excluding hydrogens is 312 g/mol. The summed E-state index contributed by atoms with van der Waals surface area (Å²) in [6.45, 7) is 1.99. The molecule has 0 unspecified atom stereocenters. The van der Waals surface area contributed by atoms with E-state index in [1.54, 1.807) is 0 Å². The maximum atomic E-state index is 11.8. The van der Waals surface area contributed by atoms with Crippen LogP contribution in [0.15, 0.2) is 52.7 Å². The van der Waals surface area contributed by atoms with Gasteiger partial charge in [-0.2, -0.15) is 0 Å². The van der Waals surface area contributed by atoms with Crippen molar-refractivity contribution in [3.8, 4) is 11.1 Å². The maximum Gasteiger partial charge on any atom is 0.271 e. The normalized spacial score (nSPS) is 11.9. The molecule has 0 saturated carbocycles. The molecule has 5 heteroatoms. The minimum Gasteiger partial charge on any atom is -0.206 e. The number of hydrogen-bond acceptors (Lipinski definition) is 3. The maximum absolute atomic E-state index is 11.8. The summed E-state index contributed by atoms with van der Waals surface area (Å²) in [7, 11) is 1.84. The number of benzene rings is 2. The van der Waals surface area contributed by atoms with Crippen LogP contribution in [-0.4, -0.2) is 8.42 Å². The minimum absolute atomic E-state index is 0.212. The predicted octanol–water partition coefficient (Wildman–Crippen LogP) is 4.80. The summed E-state index contributed by atoms with van der Waals surface area (Å²) in [6.07, 6.45) is 0. The highest BCUT2D eigenvalue weighted by Crippen LogP contribution is 2.42. The van der Waals surface area contributed by atoms with E-state index < -0.39 is 9.05 Å². The van der Waals surface area contributed by atoms with Crippen molar-refractivity contribution in [2.24, 2.45) is 0 Å². The first-order valence-electron chi connectivity index (χ1n) is 6.00. The van der Waals surface area contributed by atoms with E-state index in [9.17, 15) is 8.42 Å². The predicted molar refractivity (Wildman–Crippen MR) is 85.0 cm³/mol. The number of fused-ring (bicyclic) bond motifs is 1. The van der Waals surface area contributed by atoms with Crippen molar-refractivity contribution < 1.29 is 8.42 Å². The van der Waals surface area contributed by atoms with E-state index in [-0.39, 0.29) is 4.21 Å². The van der Waals surface area contributed by atoms with Gasteiger partial charge in [0.2, 0.25) is 0 Å². The largest absolute Gasteiger partial charge is 0.271 e. The number of aryl methyl sites for hydroxylation is 1. The Kier molecular flexibility index (Phi) is 3.32. The molecule has 0 radical (unpaired) electrons. The molecule has 20 heavy (non-hydrogen) atoms. The van der Waals surface area contributed by atoms with E-state index in [2.05, 4.69) is 0 Å². The van der Waals surface area contributed by atoms with Gasteiger partial charge in [-0.15, -0.1) is 11.3 Å². The van der Waals surface area contributed by atoms with Crippen LogP contribution in [0.3, 0.4) is 0 Å². The second-order valence-electron chi connectivity index (χ2n) is 4.56. The van der Waals surface area contributed by atoms with E-state index in [0.717, 1.165) is 21.2 Å². The molecule has 0 atom stereocenters. The van der Waals surface area contributed by atoms with Crippen LogP contribution in [0.4, 0.5) is 0 Å². The Balaban J connectivity index is 2.40. The molecule has 102 valence electrons. The van der Waals surface area contributed by atoms with Gasteiger partial charge in [0.25, 0.3) is 9.05 Å². The van der Waals surface area contributed by atoms with Crippen LogP contribution in [0, 0.1) is 6.92 Å². The van der Waals surface area contributed by atoms with Gasteiger partial charge in [-0.05, 0) is 18.6 Å². The van der Waals surface area contributed by atoms with E-state index in [1.807, 2.05) is 55.5 Å². The highest BCUT2D eigenvalue weighted by atomic mass is 35.7. The van der Waals surface area contributed by atoms with Crippen LogP contribution in [0.2, 0.25) is 0 Å². The fraction of sp³-hybridized carbons (Fsp3) is 0.0667. The average Bonchev–Trinajstić information content (AvgIpc) is 2.79. The Morgan fingerprint density at radius 3 is 2.30 bits per heavy atom. The lowest BCUT2D eigenvalue weighted by atomic mass is 10.0. The molecule has 1 heterocycles. The van der Waals surface area contributed by atoms with Crippen LogP contribution >= 0.6 is 22.0 Å². The quantitative estimate of drug-likeness (QED) is 0.635. The standard InChI is InChI=1S/C15H11ClO2S2/c1-10-6-8-11(9-7-10)14-12-4-2-3-5-13(12)19-15(14)20(16,17)18/h2-9H,1H3. The van der Waals surface area contributed by atoms with E-state index in [4.69, 9.17) is 10.7 Å². The Bertz CT molecular complexity index is 878. The molecule has 0 bridgehead atoms. The molecule has 0 fully saturated rings. The van der Waals surface area contributed by atoms with Gasteiger partial charge >= 0.3 is 0 Å². The number of rotatable bonds is 2. The molecule has 0 spiro atoms. The summed E-state index contributed by atoms with van der Waals surface area (Å²) in [5.41, 5.74) is 2.69. The summed E-state index contributed by atoms with van der Waals surface area (Å²) in [6, 6.07) is 15.4. The topological polar surface area (TPSA) is 34.1 Å². The lowest BCUT2D eigenvalue weighted by Gasteiger charge is -2.03. The molecule has 0 N–H and O–H groups in total. The lowest BCUT2D eigenvalue weighted by Crippen LogP contribution is -1.89. The molecule has 0 aliphatic heterocycles. The molecule has 0 aliphatic rings. The van der Waals surface area contributed by atoms with Crippen molar-refractivity contribution in [3.63, 3.8) is 0 Å². The zero-order chi connectivity index (χ0) is 14.3. The van der Waals surface area contributed by atoms with Crippen LogP contribution < -0.4 is 0 Å². The third-order valence-corrected chi connectivity index (χ3v) is 6.38. The molecule has 3 aromatic rings. The van der Waals surface area contributed by atoms with E-state index in [0.29, 0.717) is 5.56 Å². The van der Waals surface area contributed by atoms with Gasteiger partial charge in [0.05, 0.1) is 0 Å². The molecule has 1 aromatic heterocycles. The van der Waals surface area contributed by atoms with Crippen LogP contribution in [0.5, 0.6) is 0 Å². The smallest absolute Gasteiger partial charge is 0.206 e. The Labute approximate surface area is 126 Å². The third kappa shape index (κ3) is 2.35. The Morgan fingerprint density at radius 2 is 1.65 bits per heavy atom. The van der Waals surface area contributed by atoms with E-state index >= 15 is 0 Å². The highest BCUT2D eigenvalue weighted by molar-refractivity contribution is 8.15. The molecule has 2 aromatic carbocycles. The summed E-state index contributed by atoms with van der Waals surface area (Å²) in [5, 5.41) is 0.917. The first kappa shape index (κ1) is 13.6. The number of thiophene rings is 1. The van der Waals surface area contributed by atoms with Gasteiger partial charge in [-0.1, -0.05) is 48.0 Å². The Hall–Kier alpha value is -1.36. The fourth-order valence-corrected chi connectivity index (χ4v) is 4.80. The first-order valence-corrected chi connectivity index (χ1v) is 9.12. The Morgan fingerprint density at radius 1 is 1.00 bits per heavy atom. The van der Waals surface area contributed by atoms with Crippen LogP contribution in [0.1, 0.15) is 5.56 Å². The van der Waals surface area contributed by atoms with Gasteiger partial charge in [0.15, 0.2) is 0 Å². The number of halogens is 1. The lowest BCUT2D eigenvalue weighted by molar-refractivity contribution is 0.611. The van der Waals surface area contributed by atoms with Crippen molar-refractivity contribution in [2.75, 3.05) is 0 Å². The summed E-state index contributed by atoms with van der Waals surface area (Å²) in [4.78, 5) is 0. The highest BCUT2D eigenvalue weighted by Gasteiger charge is 2.22. The number of hydrogen-bond donors (Lipinski definition) is 0. The van der Waals surface area contributed by atoms with Crippen LogP contribution in [0.25, 0.3) is 21.2 Å². The van der Waals surface area contributed by atoms with Gasteiger partial charge in [0.1, 0.15) is 4.21 Å². The van der Waals surface area contributed by atoms with Gasteiger partial charge in [-0.25, -0.2) is 8.42 Å². The molecule has 0 aliphatic carbocycles. The third-order valence-electron chi connectivity index (χ3n) is 3.12. The van der Waals surface area contributed by atoms with Crippen molar-refractivity contribution in [3.05, 3.63) is 54.1 Å². The first-order chi connectivity index (χ1) is 9.47. The van der Waals surface area contributed by atoms with Crippen molar-refractivity contribution >= 4 is 41.2 Å². The minimum atomic E-state index is -3.76. The summed E-state index contributed by atoms with van der Waals surface area (Å²) < 4.78 is 24.8. The summed E-state index contributed by atoms with van der Waals surface area (Å²) in [5.74, 6) is 0. The van der Waals surface area contributed by atoms with E-state index in [1.165, 1.54) is 11.3 Å². The molecular formula is C15H11ClO2S2. The van der Waals surface area contributed by atoms with Crippen molar-refractivity contribution in [1.82, 2.24) is 0 Å². The van der Waals surface area contributed by atoms with Crippen LogP contribution in [-0.2, 0) is 9.05 Å². The second kappa shape index (κ2) is 4.88. The summed E-state index contributed by atoms with van der Waals surface area (Å²) >= 11 is 1.21. The second-order valence-corrected chi connectivity index (χ2v) is 8.38. The van der Waals surface area contributed by atoms with Crippen molar-refractivity contribution in [1.29, 1.82) is 0 Å². The van der Waals surface area contributed by atoms with Crippen molar-refractivity contribution in [2.45, 2.75) is 11.1 Å². The zero-order valence-electron chi connectivity index (χ0n) is 10.6. The van der Waals surface area contributed by atoms with Gasteiger partial charge < -0.3 is 0 Å². The average molecular weight is 323 g/mol. The molecule has 3 rings (SSSR count). The molecule has 0 amide bonds. The van der Waals surface area contributed by atoms with Gasteiger partial charge in [0, 0.05) is 26.3 Å². The molecule has 0 saturated heterocycles. The SMILES string of the molecule is Cc1ccc(-c2c(S(=O)(=O)Cl)sc3ccccc23)cc1. The zero-order valence-corrected chi connectivity index (χ0v) is 13.0. The van der Waals surface area contributed by atoms with Gasteiger partial charge in [-0.3, -0.25) is 0 Å². The fourth-order valence-electron chi connectivity index (χ4n) is 2.19.